The molecule has 1 aliphatic heterocycles. The summed E-state index contributed by atoms with van der Waals surface area (Å²) in [6, 6.07) is 1.87. The quantitative estimate of drug-likeness (QED) is 0.795. The number of rotatable bonds is 1. The van der Waals surface area contributed by atoms with Crippen LogP contribution in [0.1, 0.15) is 18.4 Å². The molecule has 1 N–H and O–H groups in total. The van der Waals surface area contributed by atoms with Crippen LogP contribution in [0.3, 0.4) is 0 Å². The fourth-order valence-corrected chi connectivity index (χ4v) is 3.59. The molecule has 1 aromatic heterocycles. The first kappa shape index (κ1) is 8.98. The molecule has 1 atom stereocenters. The molecule has 1 aromatic rings. The van der Waals surface area contributed by atoms with Crippen molar-refractivity contribution in [2.75, 3.05) is 11.9 Å². The van der Waals surface area contributed by atoms with Crippen molar-refractivity contribution in [2.24, 2.45) is 5.92 Å². The Balaban J connectivity index is 2.16. The fourth-order valence-electron chi connectivity index (χ4n) is 2.16. The lowest BCUT2D eigenvalue weighted by Crippen LogP contribution is -2.23. The Morgan fingerprint density at radius 2 is 2.36 bits per heavy atom. The van der Waals surface area contributed by atoms with E-state index >= 15 is 0 Å². The molecule has 3 rings (SSSR count). The number of aromatic nitrogens is 1. The third-order valence-corrected chi connectivity index (χ3v) is 4.69. The van der Waals surface area contributed by atoms with Crippen molar-refractivity contribution in [1.29, 1.82) is 0 Å². The molecule has 4 heteroatoms. The van der Waals surface area contributed by atoms with Crippen LogP contribution in [-0.2, 0) is 4.32 Å². The number of nitrogens with one attached hydrogen (secondary N) is 1. The van der Waals surface area contributed by atoms with E-state index in [1.54, 1.807) is 6.20 Å². The number of nitrogens with zero attached hydrogens (tertiary/aromatic N) is 1. The van der Waals surface area contributed by atoms with Gasteiger partial charge in [0.15, 0.2) is 0 Å². The lowest BCUT2D eigenvalue weighted by molar-refractivity contribution is 0.611. The molecule has 1 fully saturated rings. The van der Waals surface area contributed by atoms with Crippen LogP contribution in [-0.4, -0.2) is 11.5 Å². The molecule has 2 heterocycles. The molecule has 2 nitrogen and oxygen atoms in total. The highest BCUT2D eigenvalue weighted by Crippen LogP contribution is 2.57. The predicted molar refractivity (Wildman–Crippen MR) is 61.1 cm³/mol. The van der Waals surface area contributed by atoms with E-state index in [4.69, 9.17) is 11.6 Å². The average molecular weight is 274 g/mol. The van der Waals surface area contributed by atoms with Crippen molar-refractivity contribution >= 4 is 33.3 Å². The van der Waals surface area contributed by atoms with Crippen molar-refractivity contribution in [3.05, 3.63) is 22.8 Å². The van der Waals surface area contributed by atoms with Crippen molar-refractivity contribution < 1.29 is 0 Å². The van der Waals surface area contributed by atoms with E-state index in [9.17, 15) is 0 Å². The minimum absolute atomic E-state index is 0.0354. The van der Waals surface area contributed by atoms with Gasteiger partial charge in [-0.2, -0.15) is 0 Å². The van der Waals surface area contributed by atoms with Crippen LogP contribution in [0.4, 0.5) is 5.82 Å². The highest BCUT2D eigenvalue weighted by atomic mass is 79.9. The van der Waals surface area contributed by atoms with Crippen LogP contribution < -0.4 is 5.32 Å². The topological polar surface area (TPSA) is 24.9 Å². The highest BCUT2D eigenvalue weighted by molar-refractivity contribution is 9.09. The first-order chi connectivity index (χ1) is 6.72. The van der Waals surface area contributed by atoms with E-state index in [-0.39, 0.29) is 4.32 Å². The zero-order valence-corrected chi connectivity index (χ0v) is 9.90. The third kappa shape index (κ3) is 1.12. The van der Waals surface area contributed by atoms with Gasteiger partial charge < -0.3 is 5.32 Å². The summed E-state index contributed by atoms with van der Waals surface area (Å²) in [7, 11) is 0. The summed E-state index contributed by atoms with van der Waals surface area (Å²) < 4.78 is 0.0354. The van der Waals surface area contributed by atoms with Crippen LogP contribution in [0.5, 0.6) is 0 Å². The Kier molecular flexibility index (Phi) is 1.83. The number of pyridine rings is 1. The Morgan fingerprint density at radius 3 is 3.07 bits per heavy atom. The number of alkyl halides is 1. The molecule has 0 aromatic carbocycles. The highest BCUT2D eigenvalue weighted by Gasteiger charge is 2.50. The Labute approximate surface area is 96.2 Å². The third-order valence-electron chi connectivity index (χ3n) is 3.05. The van der Waals surface area contributed by atoms with Crippen LogP contribution in [0.25, 0.3) is 0 Å². The van der Waals surface area contributed by atoms with Crippen LogP contribution in [0.2, 0.25) is 5.02 Å². The van der Waals surface area contributed by atoms with E-state index in [2.05, 4.69) is 26.2 Å². The maximum atomic E-state index is 6.22. The first-order valence-electron chi connectivity index (χ1n) is 4.79. The summed E-state index contributed by atoms with van der Waals surface area (Å²) in [5, 5.41) is 4.13. The number of hydrogen-bond donors (Lipinski definition) is 1. The lowest BCUT2D eigenvalue weighted by atomic mass is 9.97. The van der Waals surface area contributed by atoms with Crippen molar-refractivity contribution in [1.82, 2.24) is 4.98 Å². The van der Waals surface area contributed by atoms with Gasteiger partial charge in [-0.1, -0.05) is 27.5 Å². The van der Waals surface area contributed by atoms with Crippen LogP contribution in [0.15, 0.2) is 12.3 Å². The van der Waals surface area contributed by atoms with Crippen molar-refractivity contribution in [2.45, 2.75) is 17.2 Å². The van der Waals surface area contributed by atoms with Crippen molar-refractivity contribution in [3.63, 3.8) is 0 Å². The minimum atomic E-state index is 0.0354. The Bertz CT molecular complexity index is 392. The summed E-state index contributed by atoms with van der Waals surface area (Å²) in [6.45, 7) is 0.906. The molecule has 1 aliphatic carbocycles. The van der Waals surface area contributed by atoms with E-state index in [0.29, 0.717) is 0 Å². The molecular formula is C10H10BrClN2. The Morgan fingerprint density at radius 1 is 1.57 bits per heavy atom. The summed E-state index contributed by atoms with van der Waals surface area (Å²) in [6.07, 6.45) is 4.33. The molecule has 0 spiro atoms. The monoisotopic (exact) mass is 272 g/mol. The van der Waals surface area contributed by atoms with Gasteiger partial charge in [-0.3, -0.25) is 0 Å². The summed E-state index contributed by atoms with van der Waals surface area (Å²) in [4.78, 5) is 4.30. The van der Waals surface area contributed by atoms with E-state index in [0.717, 1.165) is 28.9 Å². The number of hydrogen-bond acceptors (Lipinski definition) is 2. The molecule has 0 radical (unpaired) electrons. The summed E-state index contributed by atoms with van der Waals surface area (Å²) in [5.74, 6) is 1.67. The molecule has 0 amide bonds. The fraction of sp³-hybridized carbons (Fsp3) is 0.500. The zero-order chi connectivity index (χ0) is 9.76. The smallest absolute Gasteiger partial charge is 0.132 e. The lowest BCUT2D eigenvalue weighted by Gasteiger charge is -2.21. The van der Waals surface area contributed by atoms with Gasteiger partial charge in [0.25, 0.3) is 0 Å². The van der Waals surface area contributed by atoms with Gasteiger partial charge in [0.05, 0.1) is 9.35 Å². The molecular weight excluding hydrogens is 263 g/mol. The van der Waals surface area contributed by atoms with Crippen molar-refractivity contribution in [3.8, 4) is 0 Å². The van der Waals surface area contributed by atoms with Crippen LogP contribution >= 0.6 is 27.5 Å². The standard InChI is InChI=1S/C10H10BrClN2/c11-10(6-1-2-6)5-14-9-8(10)7(12)3-4-13-9/h3-4,6H,1-2,5H2,(H,13,14). The van der Waals surface area contributed by atoms with Gasteiger partial charge in [0.2, 0.25) is 0 Å². The molecule has 2 aliphatic rings. The van der Waals surface area contributed by atoms with E-state index < -0.39 is 0 Å². The zero-order valence-electron chi connectivity index (χ0n) is 7.56. The van der Waals surface area contributed by atoms with Gasteiger partial charge in [0.1, 0.15) is 5.82 Å². The van der Waals surface area contributed by atoms with Gasteiger partial charge in [-0.25, -0.2) is 4.98 Å². The average Bonchev–Trinajstić information content (AvgIpc) is 2.94. The second-order valence-corrected chi connectivity index (χ2v) is 5.83. The second-order valence-electron chi connectivity index (χ2n) is 4.01. The molecule has 1 saturated carbocycles. The first-order valence-corrected chi connectivity index (χ1v) is 5.97. The SMILES string of the molecule is Clc1ccnc2c1C(Br)(C1CC1)CN2. The number of anilines is 1. The normalized spacial score (nSPS) is 29.9. The summed E-state index contributed by atoms with van der Waals surface area (Å²) >= 11 is 10.1. The van der Waals surface area contributed by atoms with Crippen LogP contribution in [0, 0.1) is 5.92 Å². The maximum absolute atomic E-state index is 6.22. The number of halogens is 2. The minimum Gasteiger partial charge on any atom is -0.368 e. The molecule has 74 valence electrons. The van der Waals surface area contributed by atoms with Gasteiger partial charge in [-0.15, -0.1) is 0 Å². The van der Waals surface area contributed by atoms with Gasteiger partial charge in [-0.05, 0) is 24.8 Å². The molecule has 14 heavy (non-hydrogen) atoms. The largest absolute Gasteiger partial charge is 0.368 e. The molecule has 1 unspecified atom stereocenters. The molecule has 0 bridgehead atoms. The Hall–Kier alpha value is -0.280. The maximum Gasteiger partial charge on any atom is 0.132 e. The van der Waals surface area contributed by atoms with E-state index in [1.165, 1.54) is 12.8 Å². The molecule has 0 saturated heterocycles. The second kappa shape index (κ2) is 2.86. The predicted octanol–water partition coefficient (Wildman–Crippen LogP) is 3.16. The van der Waals surface area contributed by atoms with E-state index in [1.807, 2.05) is 6.07 Å². The van der Waals surface area contributed by atoms with Gasteiger partial charge in [0, 0.05) is 18.3 Å². The number of fused-ring (bicyclic) bond motifs is 1. The van der Waals surface area contributed by atoms with Gasteiger partial charge >= 0.3 is 0 Å². The summed E-state index contributed by atoms with van der Waals surface area (Å²) in [5.41, 5.74) is 1.16.